The first-order chi connectivity index (χ1) is 8.12. The van der Waals surface area contributed by atoms with Crippen LogP contribution in [0.2, 0.25) is 0 Å². The molecular weight excluding hydrogens is 218 g/mol. The van der Waals surface area contributed by atoms with E-state index in [1.807, 2.05) is 13.8 Å². The van der Waals surface area contributed by atoms with E-state index < -0.39 is 5.54 Å². The summed E-state index contributed by atoms with van der Waals surface area (Å²) in [5.41, 5.74) is -0.677. The van der Waals surface area contributed by atoms with Crippen molar-refractivity contribution in [2.45, 2.75) is 51.5 Å². The Labute approximate surface area is 102 Å². The molecule has 5 nitrogen and oxygen atoms in total. The Morgan fingerprint density at radius 3 is 2.47 bits per heavy atom. The largest absolute Gasteiger partial charge is 0.325 e. The van der Waals surface area contributed by atoms with E-state index >= 15 is 0 Å². The minimum atomic E-state index is -0.677. The lowest BCUT2D eigenvalue weighted by atomic mass is 9.91. The number of hydrogen-bond acceptors (Lipinski definition) is 3. The van der Waals surface area contributed by atoms with E-state index in [4.69, 9.17) is 5.26 Å². The second-order valence-electron chi connectivity index (χ2n) is 4.26. The fraction of sp³-hybridized carbons (Fsp3) is 0.750. The predicted molar refractivity (Wildman–Crippen MR) is 63.0 cm³/mol. The summed E-state index contributed by atoms with van der Waals surface area (Å²) in [6.45, 7) is 4.38. The summed E-state index contributed by atoms with van der Waals surface area (Å²) in [6.07, 6.45) is 3.27. The number of nitrogens with one attached hydrogen (secondary N) is 1. The van der Waals surface area contributed by atoms with Gasteiger partial charge in [0.25, 0.3) is 5.91 Å². The number of amides is 3. The first kappa shape index (κ1) is 13.5. The van der Waals surface area contributed by atoms with Crippen molar-refractivity contribution >= 4 is 11.9 Å². The van der Waals surface area contributed by atoms with Crippen LogP contribution in [0.25, 0.3) is 0 Å². The van der Waals surface area contributed by atoms with Crippen LogP contribution in [0, 0.1) is 11.3 Å². The number of nitriles is 1. The molecule has 0 radical (unpaired) electrons. The van der Waals surface area contributed by atoms with Crippen LogP contribution in [0.3, 0.4) is 0 Å². The summed E-state index contributed by atoms with van der Waals surface area (Å²) in [4.78, 5) is 25.2. The van der Waals surface area contributed by atoms with Gasteiger partial charge in [-0.05, 0) is 25.7 Å². The Morgan fingerprint density at radius 2 is 1.94 bits per heavy atom. The highest BCUT2D eigenvalue weighted by molar-refractivity contribution is 6.06. The fourth-order valence-corrected chi connectivity index (χ4v) is 2.34. The van der Waals surface area contributed by atoms with Crippen LogP contribution in [0.1, 0.15) is 46.0 Å². The number of nitrogens with zero attached hydrogens (tertiary/aromatic N) is 2. The normalized spacial score (nSPS) is 18.1. The average molecular weight is 237 g/mol. The molecule has 0 aromatic rings. The second-order valence-corrected chi connectivity index (χ2v) is 4.26. The monoisotopic (exact) mass is 237 g/mol. The van der Waals surface area contributed by atoms with E-state index in [1.165, 1.54) is 0 Å². The summed E-state index contributed by atoms with van der Waals surface area (Å²) >= 11 is 0. The first-order valence-electron chi connectivity index (χ1n) is 6.12. The van der Waals surface area contributed by atoms with Crippen LogP contribution in [0.5, 0.6) is 0 Å². The van der Waals surface area contributed by atoms with Gasteiger partial charge in [-0.1, -0.05) is 13.8 Å². The van der Waals surface area contributed by atoms with E-state index in [9.17, 15) is 9.59 Å². The molecule has 5 heteroatoms. The lowest BCUT2D eigenvalue weighted by molar-refractivity contribution is -0.127. The van der Waals surface area contributed by atoms with Crippen LogP contribution >= 0.6 is 0 Å². The molecule has 1 saturated heterocycles. The Morgan fingerprint density at radius 1 is 1.29 bits per heavy atom. The van der Waals surface area contributed by atoms with Crippen LogP contribution in [0.4, 0.5) is 4.79 Å². The van der Waals surface area contributed by atoms with Gasteiger partial charge >= 0.3 is 6.03 Å². The van der Waals surface area contributed by atoms with Gasteiger partial charge in [0.15, 0.2) is 0 Å². The van der Waals surface area contributed by atoms with E-state index in [0.717, 1.165) is 12.8 Å². The highest BCUT2D eigenvalue weighted by atomic mass is 16.2. The number of hydrogen-bond donors (Lipinski definition) is 1. The lowest BCUT2D eigenvalue weighted by Crippen LogP contribution is -2.49. The zero-order valence-corrected chi connectivity index (χ0v) is 10.5. The Bertz CT molecular complexity index is 342. The average Bonchev–Trinajstić information content (AvgIpc) is 2.56. The highest BCUT2D eigenvalue weighted by Crippen LogP contribution is 2.29. The molecule has 1 heterocycles. The van der Waals surface area contributed by atoms with Crippen LogP contribution in [-0.4, -0.2) is 28.9 Å². The molecule has 0 atom stereocenters. The van der Waals surface area contributed by atoms with Crippen LogP contribution in [-0.2, 0) is 4.79 Å². The molecule has 0 aromatic carbocycles. The number of carbonyl (C=O) groups is 2. The van der Waals surface area contributed by atoms with Gasteiger partial charge in [-0.2, -0.15) is 5.26 Å². The van der Waals surface area contributed by atoms with Gasteiger partial charge in [0.05, 0.1) is 6.07 Å². The van der Waals surface area contributed by atoms with E-state index in [-0.39, 0.29) is 11.9 Å². The maximum absolute atomic E-state index is 11.8. The second kappa shape index (κ2) is 5.67. The van der Waals surface area contributed by atoms with Gasteiger partial charge < -0.3 is 4.90 Å². The van der Waals surface area contributed by atoms with Crippen molar-refractivity contribution in [1.29, 1.82) is 5.26 Å². The van der Waals surface area contributed by atoms with Crippen molar-refractivity contribution in [3.8, 4) is 6.07 Å². The first-order valence-corrected chi connectivity index (χ1v) is 6.12. The van der Waals surface area contributed by atoms with E-state index in [2.05, 4.69) is 11.4 Å². The third-order valence-electron chi connectivity index (χ3n) is 3.50. The minimum Gasteiger partial charge on any atom is -0.310 e. The Balaban J connectivity index is 2.70. The summed E-state index contributed by atoms with van der Waals surface area (Å²) in [6, 6.07) is 1.78. The molecule has 1 aliphatic rings. The molecule has 0 unspecified atom stereocenters. The summed E-state index contributed by atoms with van der Waals surface area (Å²) in [5, 5.41) is 10.8. The Kier molecular flexibility index (Phi) is 4.50. The molecule has 3 amide bonds. The molecule has 1 N–H and O–H groups in total. The zero-order chi connectivity index (χ0) is 12.9. The van der Waals surface area contributed by atoms with Crippen molar-refractivity contribution in [3.63, 3.8) is 0 Å². The van der Waals surface area contributed by atoms with Crippen molar-refractivity contribution in [3.05, 3.63) is 0 Å². The summed E-state index contributed by atoms with van der Waals surface area (Å²) in [7, 11) is 0. The molecule has 17 heavy (non-hydrogen) atoms. The topological polar surface area (TPSA) is 73.2 Å². The summed E-state index contributed by atoms with van der Waals surface area (Å²) in [5.74, 6) is -0.187. The number of rotatable bonds is 6. The smallest absolute Gasteiger partial charge is 0.310 e. The maximum Gasteiger partial charge on any atom is 0.325 e. The third-order valence-corrected chi connectivity index (χ3v) is 3.50. The minimum absolute atomic E-state index is 0.187. The third kappa shape index (κ3) is 2.41. The molecular formula is C12H19N3O2. The van der Waals surface area contributed by atoms with E-state index in [1.54, 1.807) is 4.90 Å². The summed E-state index contributed by atoms with van der Waals surface area (Å²) < 4.78 is 0. The van der Waals surface area contributed by atoms with E-state index in [0.29, 0.717) is 25.8 Å². The number of carbonyl (C=O) groups excluding carboxylic acids is 2. The number of unbranched alkanes of at least 4 members (excludes halogenated alkanes) is 2. The zero-order valence-electron chi connectivity index (χ0n) is 10.5. The predicted octanol–water partition coefficient (Wildman–Crippen LogP) is 1.79. The fourth-order valence-electron chi connectivity index (χ4n) is 2.34. The molecule has 0 bridgehead atoms. The molecule has 0 aliphatic carbocycles. The molecule has 1 aliphatic heterocycles. The molecule has 94 valence electrons. The van der Waals surface area contributed by atoms with Crippen LogP contribution in [0.15, 0.2) is 0 Å². The van der Waals surface area contributed by atoms with Gasteiger partial charge in [-0.15, -0.1) is 0 Å². The maximum atomic E-state index is 11.8. The molecule has 0 spiro atoms. The Hall–Kier alpha value is -1.57. The van der Waals surface area contributed by atoms with Crippen molar-refractivity contribution in [2.75, 3.05) is 6.54 Å². The molecule has 1 rings (SSSR count). The van der Waals surface area contributed by atoms with Crippen molar-refractivity contribution in [2.24, 2.45) is 0 Å². The van der Waals surface area contributed by atoms with Gasteiger partial charge in [0, 0.05) is 13.0 Å². The van der Waals surface area contributed by atoms with Crippen LogP contribution < -0.4 is 5.32 Å². The number of imide groups is 1. The number of urea groups is 1. The quantitative estimate of drug-likeness (QED) is 0.565. The SMILES string of the molecule is CCC1(CC)C(=O)NC(=O)N1CCCCC#N. The van der Waals surface area contributed by atoms with Crippen molar-refractivity contribution in [1.82, 2.24) is 10.2 Å². The molecule has 0 aromatic heterocycles. The van der Waals surface area contributed by atoms with Gasteiger partial charge in [0.1, 0.15) is 5.54 Å². The lowest BCUT2D eigenvalue weighted by Gasteiger charge is -2.33. The van der Waals surface area contributed by atoms with Gasteiger partial charge in [-0.3, -0.25) is 10.1 Å². The van der Waals surface area contributed by atoms with Gasteiger partial charge in [0.2, 0.25) is 0 Å². The molecule has 1 fully saturated rings. The molecule has 0 saturated carbocycles. The highest BCUT2D eigenvalue weighted by Gasteiger charge is 2.49. The van der Waals surface area contributed by atoms with Crippen molar-refractivity contribution < 1.29 is 9.59 Å². The standard InChI is InChI=1S/C12H19N3O2/c1-3-12(4-2)10(16)14-11(17)15(12)9-7-5-6-8-13/h3-7,9H2,1-2H3,(H,14,16,17). The van der Waals surface area contributed by atoms with Gasteiger partial charge in [-0.25, -0.2) is 4.79 Å².